The van der Waals surface area contributed by atoms with Crippen LogP contribution in [-0.4, -0.2) is 28.1 Å². The zero-order valence-corrected chi connectivity index (χ0v) is 11.4. The molecule has 0 bridgehead atoms. The highest BCUT2D eigenvalue weighted by Crippen LogP contribution is 2.24. The molecule has 0 atom stereocenters. The van der Waals surface area contributed by atoms with Crippen molar-refractivity contribution in [3.8, 4) is 5.75 Å². The molecule has 0 fully saturated rings. The number of hydrazone groups is 1. The van der Waals surface area contributed by atoms with E-state index in [1.807, 2.05) is 0 Å². The van der Waals surface area contributed by atoms with Crippen molar-refractivity contribution in [1.82, 2.24) is 5.01 Å². The van der Waals surface area contributed by atoms with Crippen LogP contribution in [0.2, 0.25) is 5.02 Å². The summed E-state index contributed by atoms with van der Waals surface area (Å²) in [5.41, 5.74) is 0.948. The van der Waals surface area contributed by atoms with Gasteiger partial charge in [0.2, 0.25) is 0 Å². The van der Waals surface area contributed by atoms with Gasteiger partial charge in [0.15, 0.2) is 0 Å². The van der Waals surface area contributed by atoms with Crippen molar-refractivity contribution in [2.45, 2.75) is 0 Å². The van der Waals surface area contributed by atoms with Gasteiger partial charge in [0.05, 0.1) is 17.3 Å². The van der Waals surface area contributed by atoms with Crippen molar-refractivity contribution in [2.75, 3.05) is 0 Å². The molecule has 0 unspecified atom stereocenters. The quantitative estimate of drug-likeness (QED) is 0.685. The number of nitrogens with zero attached hydrogens (tertiary/aromatic N) is 2. The van der Waals surface area contributed by atoms with Crippen LogP contribution < -0.4 is 0 Å². The molecular weight excluding hydrogens is 292 g/mol. The van der Waals surface area contributed by atoms with E-state index in [-0.39, 0.29) is 5.75 Å². The number of fused-ring (bicyclic) bond motifs is 1. The molecule has 21 heavy (non-hydrogen) atoms. The van der Waals surface area contributed by atoms with Crippen molar-refractivity contribution in [3.05, 3.63) is 64.2 Å². The Morgan fingerprint density at radius 3 is 2.29 bits per heavy atom. The normalized spacial score (nSPS) is 14.0. The maximum absolute atomic E-state index is 12.1. The van der Waals surface area contributed by atoms with Crippen LogP contribution in [0.5, 0.6) is 5.75 Å². The summed E-state index contributed by atoms with van der Waals surface area (Å²) in [5.74, 6) is -1.03. The summed E-state index contributed by atoms with van der Waals surface area (Å²) in [4.78, 5) is 24.2. The van der Waals surface area contributed by atoms with Crippen molar-refractivity contribution in [3.63, 3.8) is 0 Å². The third-order valence-electron chi connectivity index (χ3n) is 3.07. The molecule has 0 radical (unpaired) electrons. The van der Waals surface area contributed by atoms with Crippen LogP contribution in [0.15, 0.2) is 47.6 Å². The molecule has 2 aromatic rings. The molecule has 5 nitrogen and oxygen atoms in total. The van der Waals surface area contributed by atoms with E-state index in [0.29, 0.717) is 21.7 Å². The van der Waals surface area contributed by atoms with E-state index in [0.717, 1.165) is 5.01 Å². The van der Waals surface area contributed by atoms with Crippen LogP contribution in [0.25, 0.3) is 0 Å². The fourth-order valence-electron chi connectivity index (χ4n) is 2.03. The molecule has 2 aromatic carbocycles. The van der Waals surface area contributed by atoms with Crippen LogP contribution in [0.1, 0.15) is 26.3 Å². The smallest absolute Gasteiger partial charge is 0.282 e. The highest BCUT2D eigenvalue weighted by atomic mass is 35.5. The Kier molecular flexibility index (Phi) is 3.19. The van der Waals surface area contributed by atoms with E-state index < -0.39 is 11.8 Å². The number of aromatic hydroxyl groups is 1. The first kappa shape index (κ1) is 13.3. The molecular formula is C15H9ClN2O3. The molecule has 1 heterocycles. The standard InChI is InChI=1S/C15H9ClN2O3/c16-10-5-6-13(19)9(7-10)8-17-18-14(20)11-3-1-2-4-12(11)15(18)21/h1-8,19H/b17-8+. The monoisotopic (exact) mass is 300 g/mol. The second-order valence-electron chi connectivity index (χ2n) is 4.42. The molecule has 0 aliphatic carbocycles. The number of hydrogen-bond donors (Lipinski definition) is 1. The lowest BCUT2D eigenvalue weighted by molar-refractivity contribution is 0.0660. The van der Waals surface area contributed by atoms with Crippen LogP contribution in [0, 0.1) is 0 Å². The summed E-state index contributed by atoms with van der Waals surface area (Å²) < 4.78 is 0. The largest absolute Gasteiger partial charge is 0.507 e. The molecule has 1 N–H and O–H groups in total. The lowest BCUT2D eigenvalue weighted by Gasteiger charge is -2.06. The number of hydrogen-bond acceptors (Lipinski definition) is 4. The van der Waals surface area contributed by atoms with E-state index >= 15 is 0 Å². The Balaban J connectivity index is 1.93. The minimum atomic E-state index is -0.492. The number of phenols is 1. The van der Waals surface area contributed by atoms with E-state index in [1.165, 1.54) is 24.4 Å². The average molecular weight is 301 g/mol. The topological polar surface area (TPSA) is 70.0 Å². The Hall–Kier alpha value is -2.66. The maximum Gasteiger partial charge on any atom is 0.282 e. The maximum atomic E-state index is 12.1. The Labute approximate surface area is 125 Å². The third-order valence-corrected chi connectivity index (χ3v) is 3.31. The third kappa shape index (κ3) is 2.28. The van der Waals surface area contributed by atoms with Gasteiger partial charge in [0.25, 0.3) is 11.8 Å². The zero-order chi connectivity index (χ0) is 15.0. The van der Waals surface area contributed by atoms with Gasteiger partial charge in [-0.15, -0.1) is 0 Å². The molecule has 2 amide bonds. The minimum Gasteiger partial charge on any atom is -0.507 e. The number of carbonyl (C=O) groups is 2. The van der Waals surface area contributed by atoms with Gasteiger partial charge < -0.3 is 5.11 Å². The van der Waals surface area contributed by atoms with E-state index in [4.69, 9.17) is 11.6 Å². The first-order valence-corrected chi connectivity index (χ1v) is 6.46. The number of carbonyl (C=O) groups excluding carboxylic acids is 2. The van der Waals surface area contributed by atoms with E-state index in [2.05, 4.69) is 5.10 Å². The van der Waals surface area contributed by atoms with Gasteiger partial charge >= 0.3 is 0 Å². The van der Waals surface area contributed by atoms with Gasteiger partial charge in [-0.3, -0.25) is 9.59 Å². The number of imide groups is 1. The zero-order valence-electron chi connectivity index (χ0n) is 10.7. The van der Waals surface area contributed by atoms with Gasteiger partial charge in [-0.25, -0.2) is 0 Å². The van der Waals surface area contributed by atoms with Crippen molar-refractivity contribution in [2.24, 2.45) is 5.10 Å². The lowest BCUT2D eigenvalue weighted by atomic mass is 10.1. The first-order valence-electron chi connectivity index (χ1n) is 6.08. The second kappa shape index (κ2) is 5.03. The van der Waals surface area contributed by atoms with Gasteiger partial charge in [0, 0.05) is 10.6 Å². The second-order valence-corrected chi connectivity index (χ2v) is 4.85. The highest BCUT2D eigenvalue weighted by molar-refractivity contribution is 6.31. The lowest BCUT2D eigenvalue weighted by Crippen LogP contribution is -2.24. The van der Waals surface area contributed by atoms with Gasteiger partial charge in [-0.2, -0.15) is 10.1 Å². The molecule has 104 valence electrons. The Bertz CT molecular complexity index is 751. The molecule has 1 aliphatic heterocycles. The predicted octanol–water partition coefficient (Wildman–Crippen LogP) is 2.68. The Morgan fingerprint density at radius 2 is 1.67 bits per heavy atom. The number of rotatable bonds is 2. The summed E-state index contributed by atoms with van der Waals surface area (Å²) >= 11 is 5.82. The van der Waals surface area contributed by atoms with Crippen LogP contribution >= 0.6 is 11.6 Å². The van der Waals surface area contributed by atoms with Crippen molar-refractivity contribution in [1.29, 1.82) is 0 Å². The van der Waals surface area contributed by atoms with Crippen LogP contribution in [-0.2, 0) is 0 Å². The SMILES string of the molecule is O=C1c2ccccc2C(=O)N1/N=C/c1cc(Cl)ccc1O. The predicted molar refractivity (Wildman–Crippen MR) is 77.7 cm³/mol. The summed E-state index contributed by atoms with van der Waals surface area (Å²) in [5, 5.41) is 14.7. The van der Waals surface area contributed by atoms with Crippen LogP contribution in [0.3, 0.4) is 0 Å². The van der Waals surface area contributed by atoms with Crippen LogP contribution in [0.4, 0.5) is 0 Å². The van der Waals surface area contributed by atoms with Gasteiger partial charge in [-0.05, 0) is 30.3 Å². The minimum absolute atomic E-state index is 0.0419. The Morgan fingerprint density at radius 1 is 1.05 bits per heavy atom. The summed E-state index contributed by atoms with van der Waals surface area (Å²) in [6, 6.07) is 10.9. The molecule has 6 heteroatoms. The number of amides is 2. The highest BCUT2D eigenvalue weighted by Gasteiger charge is 2.35. The first-order chi connectivity index (χ1) is 10.1. The van der Waals surface area contributed by atoms with Crippen molar-refractivity contribution >= 4 is 29.6 Å². The number of benzene rings is 2. The molecule has 0 saturated carbocycles. The van der Waals surface area contributed by atoms with E-state index in [9.17, 15) is 14.7 Å². The molecule has 0 aromatic heterocycles. The summed E-state index contributed by atoms with van der Waals surface area (Å²) in [7, 11) is 0. The molecule has 0 spiro atoms. The van der Waals surface area contributed by atoms with Crippen molar-refractivity contribution < 1.29 is 14.7 Å². The molecule has 3 rings (SSSR count). The summed E-state index contributed by atoms with van der Waals surface area (Å²) in [6.07, 6.45) is 1.23. The molecule has 0 saturated heterocycles. The fraction of sp³-hybridized carbons (Fsp3) is 0. The summed E-state index contributed by atoms with van der Waals surface area (Å²) in [6.45, 7) is 0. The number of halogens is 1. The van der Waals surface area contributed by atoms with Gasteiger partial charge in [-0.1, -0.05) is 23.7 Å². The molecule has 1 aliphatic rings. The van der Waals surface area contributed by atoms with E-state index in [1.54, 1.807) is 24.3 Å². The average Bonchev–Trinajstić information content (AvgIpc) is 2.73. The van der Waals surface area contributed by atoms with Gasteiger partial charge in [0.1, 0.15) is 5.75 Å². The number of phenolic OH excluding ortho intramolecular Hbond substituents is 1. The fourth-order valence-corrected chi connectivity index (χ4v) is 2.21.